The van der Waals surface area contributed by atoms with Crippen LogP contribution in [0.25, 0.3) is 10.1 Å². The van der Waals surface area contributed by atoms with E-state index < -0.39 is 15.9 Å². The third-order valence-electron chi connectivity index (χ3n) is 4.89. The highest BCUT2D eigenvalue weighted by Crippen LogP contribution is 2.23. The van der Waals surface area contributed by atoms with Gasteiger partial charge >= 0.3 is 0 Å². The number of benzene rings is 3. The van der Waals surface area contributed by atoms with Crippen LogP contribution in [0, 0.1) is 6.92 Å². The number of hydrogen-bond donors (Lipinski definition) is 1. The van der Waals surface area contributed by atoms with Crippen molar-refractivity contribution in [2.75, 3.05) is 11.9 Å². The maximum absolute atomic E-state index is 13.4. The molecule has 0 atom stereocenters. The number of nitrogens with zero attached hydrogens (tertiary/aromatic N) is 2. The molecule has 4 rings (SSSR count). The molecule has 1 amide bonds. The Labute approximate surface area is 199 Å². The SMILES string of the molecule is Cc1ccc(CN(CC(=O)Nc2ccc3sncc3c2)S(=O)(=O)c2ccc(Br)cc2)cc1. The van der Waals surface area contributed by atoms with Crippen LogP contribution < -0.4 is 5.32 Å². The molecule has 0 aliphatic carbocycles. The first-order valence-electron chi connectivity index (χ1n) is 9.77. The van der Waals surface area contributed by atoms with Crippen molar-refractivity contribution in [1.82, 2.24) is 8.68 Å². The van der Waals surface area contributed by atoms with Crippen LogP contribution in [0.15, 0.2) is 82.3 Å². The summed E-state index contributed by atoms with van der Waals surface area (Å²) < 4.78 is 33.9. The van der Waals surface area contributed by atoms with Crippen LogP contribution in [0.5, 0.6) is 0 Å². The van der Waals surface area contributed by atoms with Gasteiger partial charge in [-0.25, -0.2) is 8.42 Å². The smallest absolute Gasteiger partial charge is 0.243 e. The summed E-state index contributed by atoms with van der Waals surface area (Å²) in [5.41, 5.74) is 2.47. The van der Waals surface area contributed by atoms with Crippen molar-refractivity contribution in [3.05, 3.63) is 88.5 Å². The Kier molecular flexibility index (Phi) is 6.71. The predicted octanol–water partition coefficient (Wildman–Crippen LogP) is 5.20. The topological polar surface area (TPSA) is 79.4 Å². The van der Waals surface area contributed by atoms with E-state index in [1.807, 2.05) is 43.3 Å². The van der Waals surface area contributed by atoms with Crippen LogP contribution >= 0.6 is 27.5 Å². The number of carbonyl (C=O) groups is 1. The Bertz CT molecular complexity index is 1350. The summed E-state index contributed by atoms with van der Waals surface area (Å²) >= 11 is 4.70. The fraction of sp³-hybridized carbons (Fsp3) is 0.130. The lowest BCUT2D eigenvalue weighted by Crippen LogP contribution is -2.37. The fourth-order valence-electron chi connectivity index (χ4n) is 3.19. The van der Waals surface area contributed by atoms with Crippen LogP contribution in [0.4, 0.5) is 5.69 Å². The Morgan fingerprint density at radius 3 is 2.50 bits per heavy atom. The van der Waals surface area contributed by atoms with Crippen LogP contribution in [-0.4, -0.2) is 29.5 Å². The molecule has 0 aliphatic rings. The van der Waals surface area contributed by atoms with E-state index in [0.717, 1.165) is 25.7 Å². The standard InChI is InChI=1S/C23H20BrN3O3S2/c1-16-2-4-17(5-3-16)14-27(32(29,30)21-9-6-19(24)7-10-21)15-23(28)26-20-8-11-22-18(12-20)13-25-31-22/h2-13H,14-15H2,1H3,(H,26,28). The molecule has 32 heavy (non-hydrogen) atoms. The molecular formula is C23H20BrN3O3S2. The van der Waals surface area contributed by atoms with Gasteiger partial charge in [-0.2, -0.15) is 8.68 Å². The minimum Gasteiger partial charge on any atom is -0.325 e. The van der Waals surface area contributed by atoms with E-state index in [2.05, 4.69) is 25.6 Å². The Hall–Kier alpha value is -2.59. The average Bonchev–Trinajstić information content (AvgIpc) is 3.23. The van der Waals surface area contributed by atoms with Gasteiger partial charge < -0.3 is 5.32 Å². The number of nitrogens with one attached hydrogen (secondary N) is 1. The van der Waals surface area contributed by atoms with Crippen LogP contribution in [0.2, 0.25) is 0 Å². The zero-order valence-electron chi connectivity index (χ0n) is 17.2. The summed E-state index contributed by atoms with van der Waals surface area (Å²) in [6, 6.07) is 19.5. The molecule has 1 N–H and O–H groups in total. The second-order valence-corrected chi connectivity index (χ2v) is 11.0. The molecule has 0 saturated carbocycles. The number of anilines is 1. The second kappa shape index (κ2) is 9.50. The van der Waals surface area contributed by atoms with E-state index in [-0.39, 0.29) is 18.0 Å². The summed E-state index contributed by atoms with van der Waals surface area (Å²) in [5, 5.41) is 3.73. The van der Waals surface area contributed by atoms with Crippen molar-refractivity contribution in [2.24, 2.45) is 0 Å². The number of rotatable bonds is 7. The maximum atomic E-state index is 13.4. The van der Waals surface area contributed by atoms with E-state index >= 15 is 0 Å². The lowest BCUT2D eigenvalue weighted by atomic mass is 10.1. The Balaban J connectivity index is 1.59. The largest absolute Gasteiger partial charge is 0.325 e. The quantitative estimate of drug-likeness (QED) is 0.357. The third-order valence-corrected chi connectivity index (χ3v) is 8.00. The summed E-state index contributed by atoms with van der Waals surface area (Å²) in [7, 11) is -3.90. The summed E-state index contributed by atoms with van der Waals surface area (Å²) in [6.07, 6.45) is 1.73. The molecule has 0 radical (unpaired) electrons. The molecule has 0 bridgehead atoms. The van der Waals surface area contributed by atoms with Crippen molar-refractivity contribution in [2.45, 2.75) is 18.4 Å². The number of amides is 1. The first-order valence-corrected chi connectivity index (χ1v) is 12.8. The van der Waals surface area contributed by atoms with Gasteiger partial charge in [0.15, 0.2) is 0 Å². The molecule has 1 aromatic heterocycles. The highest BCUT2D eigenvalue weighted by Gasteiger charge is 2.27. The van der Waals surface area contributed by atoms with Gasteiger partial charge in [0, 0.05) is 28.3 Å². The maximum Gasteiger partial charge on any atom is 0.243 e. The fourth-order valence-corrected chi connectivity index (χ4v) is 5.46. The monoisotopic (exact) mass is 529 g/mol. The molecule has 1 heterocycles. The van der Waals surface area contributed by atoms with E-state index in [0.29, 0.717) is 5.69 Å². The molecule has 9 heteroatoms. The number of hydrogen-bond acceptors (Lipinski definition) is 5. The van der Waals surface area contributed by atoms with Gasteiger partial charge in [-0.1, -0.05) is 45.8 Å². The third kappa shape index (κ3) is 5.24. The number of fused-ring (bicyclic) bond motifs is 1. The molecule has 164 valence electrons. The van der Waals surface area contributed by atoms with Crippen LogP contribution in [-0.2, 0) is 21.4 Å². The zero-order chi connectivity index (χ0) is 22.7. The minimum absolute atomic E-state index is 0.0829. The highest BCUT2D eigenvalue weighted by molar-refractivity contribution is 9.10. The first kappa shape index (κ1) is 22.6. The Morgan fingerprint density at radius 2 is 1.78 bits per heavy atom. The molecule has 0 aliphatic heterocycles. The number of aromatic nitrogens is 1. The lowest BCUT2D eigenvalue weighted by Gasteiger charge is -2.22. The van der Waals surface area contributed by atoms with Crippen molar-refractivity contribution >= 4 is 59.2 Å². The summed E-state index contributed by atoms with van der Waals surface area (Å²) in [6.45, 7) is 1.74. The second-order valence-electron chi connectivity index (χ2n) is 7.34. The normalized spacial score (nSPS) is 11.7. The first-order chi connectivity index (χ1) is 15.3. The van der Waals surface area contributed by atoms with Gasteiger partial charge in [0.2, 0.25) is 15.9 Å². The highest BCUT2D eigenvalue weighted by atomic mass is 79.9. The van der Waals surface area contributed by atoms with Crippen molar-refractivity contribution in [3.63, 3.8) is 0 Å². The van der Waals surface area contributed by atoms with E-state index in [1.54, 1.807) is 24.4 Å². The Morgan fingerprint density at radius 1 is 1.06 bits per heavy atom. The van der Waals surface area contributed by atoms with Gasteiger partial charge in [0.25, 0.3) is 0 Å². The lowest BCUT2D eigenvalue weighted by molar-refractivity contribution is -0.116. The van der Waals surface area contributed by atoms with Gasteiger partial charge in [-0.15, -0.1) is 0 Å². The summed E-state index contributed by atoms with van der Waals surface area (Å²) in [4.78, 5) is 13.0. The van der Waals surface area contributed by atoms with Gasteiger partial charge in [-0.05, 0) is 66.5 Å². The molecule has 4 aromatic rings. The molecular weight excluding hydrogens is 510 g/mol. The molecule has 6 nitrogen and oxygen atoms in total. The van der Waals surface area contributed by atoms with Gasteiger partial charge in [-0.3, -0.25) is 4.79 Å². The number of halogens is 1. The number of carbonyl (C=O) groups excluding carboxylic acids is 1. The van der Waals surface area contributed by atoms with E-state index in [9.17, 15) is 13.2 Å². The molecule has 0 fully saturated rings. The predicted molar refractivity (Wildman–Crippen MR) is 131 cm³/mol. The molecule has 3 aromatic carbocycles. The van der Waals surface area contributed by atoms with Crippen molar-refractivity contribution in [1.29, 1.82) is 0 Å². The van der Waals surface area contributed by atoms with Gasteiger partial charge in [0.05, 0.1) is 16.1 Å². The summed E-state index contributed by atoms with van der Waals surface area (Å²) in [5.74, 6) is -0.416. The van der Waals surface area contributed by atoms with E-state index in [4.69, 9.17) is 0 Å². The zero-order valence-corrected chi connectivity index (χ0v) is 20.4. The van der Waals surface area contributed by atoms with Crippen LogP contribution in [0.1, 0.15) is 11.1 Å². The van der Waals surface area contributed by atoms with Crippen molar-refractivity contribution < 1.29 is 13.2 Å². The molecule has 0 unspecified atom stereocenters. The molecule has 0 spiro atoms. The molecule has 0 saturated heterocycles. The number of aryl methyl sites for hydroxylation is 1. The average molecular weight is 530 g/mol. The number of sulfonamides is 1. The van der Waals surface area contributed by atoms with Crippen LogP contribution in [0.3, 0.4) is 0 Å². The van der Waals surface area contributed by atoms with Crippen molar-refractivity contribution in [3.8, 4) is 0 Å². The van der Waals surface area contributed by atoms with Gasteiger partial charge in [0.1, 0.15) is 0 Å². The minimum atomic E-state index is -3.90. The van der Waals surface area contributed by atoms with E-state index in [1.165, 1.54) is 28.0 Å².